The first-order chi connectivity index (χ1) is 36.5. The Bertz CT molecular complexity index is 3090. The zero-order valence-corrected chi connectivity index (χ0v) is 43.7. The number of aliphatic hydroxyl groups is 1. The number of rotatable bonds is 13. The van der Waals surface area contributed by atoms with E-state index in [-0.39, 0.29) is 94.8 Å². The summed E-state index contributed by atoms with van der Waals surface area (Å²) in [4.78, 5) is 61.5. The molecule has 404 valence electrons. The highest BCUT2D eigenvalue weighted by Crippen LogP contribution is 2.57. The fourth-order valence-electron chi connectivity index (χ4n) is 12.5. The summed E-state index contributed by atoms with van der Waals surface area (Å²) in [6.07, 6.45) is 6.57. The quantitative estimate of drug-likeness (QED) is 0.0844. The van der Waals surface area contributed by atoms with Crippen LogP contribution >= 0.6 is 11.6 Å². The van der Waals surface area contributed by atoms with E-state index in [1.165, 1.54) is 28.8 Å². The van der Waals surface area contributed by atoms with Crippen LogP contribution in [-0.4, -0.2) is 125 Å². The number of nitrogens with one attached hydrogen (secondary N) is 3. The lowest BCUT2D eigenvalue weighted by Crippen LogP contribution is -2.53. The summed E-state index contributed by atoms with van der Waals surface area (Å²) in [6.45, 7) is 6.09. The number of aromatic nitrogens is 3. The van der Waals surface area contributed by atoms with Crippen molar-refractivity contribution in [2.24, 2.45) is 12.5 Å². The van der Waals surface area contributed by atoms with Gasteiger partial charge in [0.05, 0.1) is 22.6 Å². The van der Waals surface area contributed by atoms with Crippen LogP contribution < -0.4 is 30.3 Å². The second-order valence-corrected chi connectivity index (χ2v) is 21.5. The number of ether oxygens (including phenoxy) is 2. The first kappa shape index (κ1) is 53.1. The van der Waals surface area contributed by atoms with Crippen molar-refractivity contribution in [2.75, 3.05) is 64.4 Å². The van der Waals surface area contributed by atoms with E-state index in [9.17, 15) is 24.3 Å². The van der Waals surface area contributed by atoms with E-state index in [1.54, 1.807) is 7.05 Å². The second kappa shape index (κ2) is 21.2. The van der Waals surface area contributed by atoms with E-state index in [0.717, 1.165) is 24.6 Å². The fourth-order valence-corrected chi connectivity index (χ4v) is 12.8. The number of piperidine rings is 2. The van der Waals surface area contributed by atoms with Crippen LogP contribution in [0.1, 0.15) is 111 Å². The predicted octanol–water partition coefficient (Wildman–Crippen LogP) is 7.82. The number of aliphatic hydroxyl groups excluding tert-OH is 1. The number of benzene rings is 3. The number of imide groups is 1. The number of carbonyl (C=O) groups is 4. The molecule has 2 aromatic heterocycles. The van der Waals surface area contributed by atoms with Crippen LogP contribution in [0.5, 0.6) is 11.6 Å². The van der Waals surface area contributed by atoms with Crippen LogP contribution in [0.3, 0.4) is 0 Å². The SMILES string of the molecule is CNC(=O)c1cnc(OCCO)c(F)c1-c1c(Cl)c(F)cc2c1C(C)C(CNC1CCC(C)(C(=O)N3CCC(N4CCC(c5c(F)cc6c(N7CCC(=O)NC7=O)nn(C)c6c5F)CC4)CC3)CC1)(c1ccccc1)O2. The topological polar surface area (TPSA) is 183 Å². The molecule has 3 aromatic carbocycles. The number of likely N-dealkylation sites (tertiary alicyclic amines) is 2. The normalized spacial score (nSPS) is 23.7. The van der Waals surface area contributed by atoms with Crippen molar-refractivity contribution >= 4 is 52.1 Å². The van der Waals surface area contributed by atoms with Crippen LogP contribution in [0, 0.1) is 28.7 Å². The van der Waals surface area contributed by atoms with Crippen LogP contribution in [0.15, 0.2) is 48.7 Å². The van der Waals surface area contributed by atoms with E-state index < -0.39 is 75.6 Å². The molecule has 10 rings (SSSR count). The highest BCUT2D eigenvalue weighted by atomic mass is 35.5. The molecular weight excluding hydrogens is 1010 g/mol. The van der Waals surface area contributed by atoms with Gasteiger partial charge < -0.3 is 35.0 Å². The van der Waals surface area contributed by atoms with Gasteiger partial charge in [-0.05, 0) is 82.0 Å². The van der Waals surface area contributed by atoms with Crippen molar-refractivity contribution in [1.82, 2.24) is 40.5 Å². The number of fused-ring (bicyclic) bond motifs is 2. The third kappa shape index (κ3) is 9.42. The molecule has 2 atom stereocenters. The molecule has 2 unspecified atom stereocenters. The summed E-state index contributed by atoms with van der Waals surface area (Å²) < 4.78 is 78.4. The maximum absolute atomic E-state index is 16.6. The van der Waals surface area contributed by atoms with Gasteiger partial charge in [-0.1, -0.05) is 55.8 Å². The summed E-state index contributed by atoms with van der Waals surface area (Å²) >= 11 is 6.77. The molecule has 4 fully saturated rings. The monoisotopic (exact) mass is 1070 g/mol. The predicted molar refractivity (Wildman–Crippen MR) is 275 cm³/mol. The van der Waals surface area contributed by atoms with Gasteiger partial charge in [0.15, 0.2) is 23.1 Å². The van der Waals surface area contributed by atoms with Crippen LogP contribution in [0.25, 0.3) is 22.0 Å². The van der Waals surface area contributed by atoms with Gasteiger partial charge in [-0.2, -0.15) is 5.10 Å². The summed E-state index contributed by atoms with van der Waals surface area (Å²) in [5, 5.41) is 22.0. The number of nitrogens with zero attached hydrogens (tertiary/aromatic N) is 6. The number of halogens is 5. The maximum Gasteiger partial charge on any atom is 0.329 e. The van der Waals surface area contributed by atoms with E-state index in [4.69, 9.17) is 21.1 Å². The van der Waals surface area contributed by atoms with Gasteiger partial charge in [0, 0.05) is 105 Å². The highest BCUT2D eigenvalue weighted by Gasteiger charge is 2.51. The number of anilines is 1. The smallest absolute Gasteiger partial charge is 0.329 e. The molecule has 4 N–H and O–H groups in total. The lowest BCUT2D eigenvalue weighted by molar-refractivity contribution is -0.145. The number of urea groups is 1. The third-order valence-electron chi connectivity index (χ3n) is 16.8. The number of aryl methyl sites for hydroxylation is 1. The first-order valence-electron chi connectivity index (χ1n) is 26.1. The largest absolute Gasteiger partial charge is 0.480 e. The number of pyridine rings is 1. The Morgan fingerprint density at radius 3 is 2.32 bits per heavy atom. The van der Waals surface area contributed by atoms with Crippen molar-refractivity contribution in [1.29, 1.82) is 0 Å². The number of carbonyl (C=O) groups excluding carboxylic acids is 4. The van der Waals surface area contributed by atoms with Crippen molar-refractivity contribution in [3.8, 4) is 22.8 Å². The Labute approximate surface area is 442 Å². The maximum atomic E-state index is 16.6. The minimum Gasteiger partial charge on any atom is -0.480 e. The van der Waals surface area contributed by atoms with Crippen molar-refractivity contribution in [3.63, 3.8) is 0 Å². The molecule has 5 aromatic rings. The number of amides is 5. The fraction of sp³-hybridized carbons (Fsp3) is 0.491. The molecule has 0 bridgehead atoms. The minimum atomic E-state index is -1.15. The molecule has 5 aliphatic rings. The zero-order chi connectivity index (χ0) is 53.8. The Balaban J connectivity index is 0.774. The molecular formula is C55H62ClF4N9O7. The van der Waals surface area contributed by atoms with Gasteiger partial charge in [0.25, 0.3) is 11.8 Å². The summed E-state index contributed by atoms with van der Waals surface area (Å²) in [5.74, 6) is -5.47. The molecule has 76 heavy (non-hydrogen) atoms. The van der Waals surface area contributed by atoms with Gasteiger partial charge >= 0.3 is 6.03 Å². The average Bonchev–Trinajstić information content (AvgIpc) is 3.90. The molecule has 6 heterocycles. The minimum absolute atomic E-state index is 0.000494. The van der Waals surface area contributed by atoms with E-state index in [2.05, 4.69) is 30.9 Å². The molecule has 1 saturated carbocycles. The molecule has 16 nitrogen and oxygen atoms in total. The van der Waals surface area contributed by atoms with Gasteiger partial charge in [-0.25, -0.2) is 27.3 Å². The Morgan fingerprint density at radius 2 is 1.64 bits per heavy atom. The Morgan fingerprint density at radius 1 is 0.934 bits per heavy atom. The van der Waals surface area contributed by atoms with Crippen LogP contribution in [0.4, 0.5) is 28.2 Å². The Kier molecular flexibility index (Phi) is 14.8. The molecule has 5 amide bonds. The second-order valence-electron chi connectivity index (χ2n) is 21.1. The average molecular weight is 1070 g/mol. The van der Waals surface area contributed by atoms with Crippen molar-refractivity contribution < 1.29 is 51.3 Å². The third-order valence-corrected chi connectivity index (χ3v) is 17.1. The molecule has 4 aliphatic heterocycles. The number of hydrogen-bond donors (Lipinski definition) is 4. The van der Waals surface area contributed by atoms with Gasteiger partial charge in [-0.3, -0.25) is 29.3 Å². The Hall–Kier alpha value is -6.35. The van der Waals surface area contributed by atoms with Gasteiger partial charge in [0.1, 0.15) is 29.5 Å². The highest BCUT2D eigenvalue weighted by molar-refractivity contribution is 6.34. The van der Waals surface area contributed by atoms with Gasteiger partial charge in [-0.15, -0.1) is 0 Å². The molecule has 3 saturated heterocycles. The van der Waals surface area contributed by atoms with Crippen LogP contribution in [0.2, 0.25) is 5.02 Å². The summed E-state index contributed by atoms with van der Waals surface area (Å²) in [7, 11) is 2.93. The lowest BCUT2D eigenvalue weighted by Gasteiger charge is -2.45. The lowest BCUT2D eigenvalue weighted by atomic mass is 9.72. The summed E-state index contributed by atoms with van der Waals surface area (Å²) in [6, 6.07) is 11.5. The molecule has 0 radical (unpaired) electrons. The summed E-state index contributed by atoms with van der Waals surface area (Å²) in [5.41, 5.74) is -1.00. The van der Waals surface area contributed by atoms with E-state index in [0.29, 0.717) is 70.3 Å². The van der Waals surface area contributed by atoms with E-state index >= 15 is 17.6 Å². The van der Waals surface area contributed by atoms with Crippen molar-refractivity contribution in [3.05, 3.63) is 99.2 Å². The number of hydrogen-bond acceptors (Lipinski definition) is 11. The standard InChI is InChI=1S/C55H62ClF4N9O7/c1-30-41-39(27-38(58)45(56)44(41)43-36(50(72)61-3)28-62-51(47(43)60)75-25-24-70)76-55(30,32-8-6-5-7-9-32)29-63-33-10-17-54(2,18-11-33)52(73)68-21-14-34(15-22-68)67-19-12-31(13-20-67)42-37(57)26-35-48(46(42)59)66(4)65-49(35)69-23-16-40(71)64-53(69)74/h5-9,26-28,30-31,33-34,63,70H,10-25,29H2,1-4H3,(H,61,72)(H,64,71,74). The van der Waals surface area contributed by atoms with Gasteiger partial charge in [0.2, 0.25) is 11.8 Å². The molecule has 0 spiro atoms. The van der Waals surface area contributed by atoms with E-state index in [1.807, 2.05) is 49.1 Å². The first-order valence-corrected chi connectivity index (χ1v) is 26.5. The molecule has 1 aliphatic carbocycles. The molecule has 21 heteroatoms. The zero-order valence-electron chi connectivity index (χ0n) is 42.9. The van der Waals surface area contributed by atoms with Crippen molar-refractivity contribution in [2.45, 2.75) is 101 Å². The van der Waals surface area contributed by atoms with Crippen LogP contribution in [-0.2, 0) is 22.2 Å².